The van der Waals surface area contributed by atoms with Crippen LogP contribution in [0.1, 0.15) is 39.7 Å². The second kappa shape index (κ2) is 8.23. The monoisotopic (exact) mass is 301 g/mol. The van der Waals surface area contributed by atoms with Gasteiger partial charge in [-0.3, -0.25) is 9.69 Å². The molecule has 0 aliphatic heterocycles. The van der Waals surface area contributed by atoms with Gasteiger partial charge in [0.2, 0.25) is 0 Å². The first-order valence-electron chi connectivity index (χ1n) is 7.25. The lowest BCUT2D eigenvalue weighted by atomic mass is 10.2. The molecule has 22 heavy (non-hydrogen) atoms. The number of ether oxygens (including phenoxy) is 1. The topological polar surface area (TPSA) is 46.6 Å². The number of ketones is 1. The van der Waals surface area contributed by atoms with Crippen molar-refractivity contribution in [2.75, 3.05) is 6.54 Å². The van der Waals surface area contributed by atoms with E-state index >= 15 is 0 Å². The minimum Gasteiger partial charge on any atom is -0.444 e. The van der Waals surface area contributed by atoms with Gasteiger partial charge in [-0.1, -0.05) is 36.3 Å². The van der Waals surface area contributed by atoms with Crippen molar-refractivity contribution < 1.29 is 14.3 Å². The highest BCUT2D eigenvalue weighted by molar-refractivity contribution is 5.85. The zero-order valence-corrected chi connectivity index (χ0v) is 13.7. The van der Waals surface area contributed by atoms with E-state index in [4.69, 9.17) is 4.74 Å². The van der Waals surface area contributed by atoms with Crippen LogP contribution in [0.5, 0.6) is 0 Å². The number of nitrogens with zero attached hydrogens (tertiary/aromatic N) is 1. The molecule has 0 atom stereocenters. The van der Waals surface area contributed by atoms with Gasteiger partial charge in [-0.2, -0.15) is 0 Å². The highest BCUT2D eigenvalue weighted by atomic mass is 16.6. The van der Waals surface area contributed by atoms with Gasteiger partial charge in [0.15, 0.2) is 5.78 Å². The Balaban J connectivity index is 2.81. The SMILES string of the molecule is CC#CCC(=O)CN(Cc1ccccc1)C(=O)OC(C)(C)C. The Morgan fingerprint density at radius 2 is 1.82 bits per heavy atom. The van der Waals surface area contributed by atoms with Crippen molar-refractivity contribution in [1.82, 2.24) is 4.90 Å². The van der Waals surface area contributed by atoms with E-state index in [1.54, 1.807) is 27.7 Å². The first kappa shape index (κ1) is 17.8. The summed E-state index contributed by atoms with van der Waals surface area (Å²) >= 11 is 0. The highest BCUT2D eigenvalue weighted by Crippen LogP contribution is 2.13. The number of carbonyl (C=O) groups excluding carboxylic acids is 2. The fourth-order valence-corrected chi connectivity index (χ4v) is 1.77. The molecule has 1 amide bonds. The van der Waals surface area contributed by atoms with Gasteiger partial charge in [0.05, 0.1) is 13.0 Å². The molecular formula is C18H23NO3. The van der Waals surface area contributed by atoms with Crippen molar-refractivity contribution in [2.45, 2.75) is 46.3 Å². The fourth-order valence-electron chi connectivity index (χ4n) is 1.77. The summed E-state index contributed by atoms with van der Waals surface area (Å²) in [4.78, 5) is 25.6. The van der Waals surface area contributed by atoms with Gasteiger partial charge >= 0.3 is 6.09 Å². The van der Waals surface area contributed by atoms with Crippen molar-refractivity contribution in [2.24, 2.45) is 0 Å². The molecule has 0 radical (unpaired) electrons. The highest BCUT2D eigenvalue weighted by Gasteiger charge is 2.23. The number of benzene rings is 1. The number of rotatable bonds is 5. The van der Waals surface area contributed by atoms with Crippen molar-refractivity contribution in [3.8, 4) is 11.8 Å². The zero-order chi connectivity index (χ0) is 16.6. The summed E-state index contributed by atoms with van der Waals surface area (Å²) in [7, 11) is 0. The lowest BCUT2D eigenvalue weighted by molar-refractivity contribution is -0.119. The lowest BCUT2D eigenvalue weighted by Gasteiger charge is -2.27. The Hall–Kier alpha value is -2.28. The molecule has 4 heteroatoms. The third-order valence-corrected chi connectivity index (χ3v) is 2.70. The predicted molar refractivity (Wildman–Crippen MR) is 86.2 cm³/mol. The number of Topliss-reactive ketones (excluding diaryl/α,β-unsaturated/α-hetero) is 1. The Labute approximate surface area is 132 Å². The summed E-state index contributed by atoms with van der Waals surface area (Å²) in [5, 5.41) is 0. The fraction of sp³-hybridized carbons (Fsp3) is 0.444. The normalized spacial score (nSPS) is 10.4. The van der Waals surface area contributed by atoms with Gasteiger partial charge < -0.3 is 4.74 Å². The van der Waals surface area contributed by atoms with Gasteiger partial charge in [0.1, 0.15) is 5.60 Å². The van der Waals surface area contributed by atoms with Crippen LogP contribution in [-0.4, -0.2) is 28.9 Å². The van der Waals surface area contributed by atoms with Crippen LogP contribution in [0.15, 0.2) is 30.3 Å². The van der Waals surface area contributed by atoms with Crippen LogP contribution in [-0.2, 0) is 16.1 Å². The molecule has 0 aromatic heterocycles. The van der Waals surface area contributed by atoms with E-state index in [1.807, 2.05) is 30.3 Å². The molecule has 0 saturated carbocycles. The molecule has 0 unspecified atom stereocenters. The number of amides is 1. The Morgan fingerprint density at radius 3 is 2.36 bits per heavy atom. The molecule has 0 fully saturated rings. The first-order valence-corrected chi connectivity index (χ1v) is 7.25. The average Bonchev–Trinajstić information content (AvgIpc) is 2.43. The summed E-state index contributed by atoms with van der Waals surface area (Å²) in [5.41, 5.74) is 0.348. The zero-order valence-electron chi connectivity index (χ0n) is 13.7. The van der Waals surface area contributed by atoms with Crippen LogP contribution in [0, 0.1) is 11.8 Å². The lowest BCUT2D eigenvalue weighted by Crippen LogP contribution is -2.39. The van der Waals surface area contributed by atoms with E-state index in [0.29, 0.717) is 6.54 Å². The van der Waals surface area contributed by atoms with E-state index in [-0.39, 0.29) is 18.7 Å². The van der Waals surface area contributed by atoms with Crippen LogP contribution in [0.2, 0.25) is 0 Å². The molecule has 4 nitrogen and oxygen atoms in total. The summed E-state index contributed by atoms with van der Waals surface area (Å²) < 4.78 is 5.38. The minimum absolute atomic E-state index is 0.00150. The maximum absolute atomic E-state index is 12.3. The summed E-state index contributed by atoms with van der Waals surface area (Å²) in [6.07, 6.45) is -0.348. The van der Waals surface area contributed by atoms with E-state index in [0.717, 1.165) is 5.56 Å². The van der Waals surface area contributed by atoms with Crippen molar-refractivity contribution >= 4 is 11.9 Å². The van der Waals surface area contributed by atoms with Crippen LogP contribution in [0.3, 0.4) is 0 Å². The second-order valence-electron chi connectivity index (χ2n) is 5.96. The molecule has 1 aromatic rings. The number of hydrogen-bond donors (Lipinski definition) is 0. The van der Waals surface area contributed by atoms with Gasteiger partial charge in [0, 0.05) is 6.54 Å². The summed E-state index contributed by atoms with van der Waals surface area (Å²) in [6.45, 7) is 7.42. The van der Waals surface area contributed by atoms with E-state index < -0.39 is 11.7 Å². The van der Waals surface area contributed by atoms with Crippen molar-refractivity contribution in [3.05, 3.63) is 35.9 Å². The van der Waals surface area contributed by atoms with Gasteiger partial charge in [-0.05, 0) is 33.3 Å². The minimum atomic E-state index is -0.599. The van der Waals surface area contributed by atoms with Crippen molar-refractivity contribution in [3.63, 3.8) is 0 Å². The molecule has 0 bridgehead atoms. The van der Waals surface area contributed by atoms with Gasteiger partial charge in [-0.25, -0.2) is 4.79 Å². The molecule has 118 valence electrons. The molecule has 0 saturated heterocycles. The van der Waals surface area contributed by atoms with E-state index in [1.165, 1.54) is 4.90 Å². The Morgan fingerprint density at radius 1 is 1.18 bits per heavy atom. The third-order valence-electron chi connectivity index (χ3n) is 2.70. The predicted octanol–water partition coefficient (Wildman–Crippen LogP) is 3.41. The largest absolute Gasteiger partial charge is 0.444 e. The number of carbonyl (C=O) groups is 2. The molecule has 0 aliphatic carbocycles. The Bertz CT molecular complexity index is 561. The summed E-state index contributed by atoms with van der Waals surface area (Å²) in [5.74, 6) is 5.31. The van der Waals surface area contributed by atoms with Crippen molar-refractivity contribution in [1.29, 1.82) is 0 Å². The smallest absolute Gasteiger partial charge is 0.410 e. The molecule has 0 aliphatic rings. The first-order chi connectivity index (χ1) is 10.3. The van der Waals surface area contributed by atoms with Gasteiger partial charge in [-0.15, -0.1) is 5.92 Å². The molecule has 0 spiro atoms. The maximum atomic E-state index is 12.3. The maximum Gasteiger partial charge on any atom is 0.410 e. The quantitative estimate of drug-likeness (QED) is 0.783. The second-order valence-corrected chi connectivity index (χ2v) is 5.96. The number of hydrogen-bond acceptors (Lipinski definition) is 3. The van der Waals surface area contributed by atoms with Crippen LogP contribution in [0.25, 0.3) is 0 Å². The van der Waals surface area contributed by atoms with E-state index in [9.17, 15) is 9.59 Å². The third kappa shape index (κ3) is 6.94. The van der Waals surface area contributed by atoms with E-state index in [2.05, 4.69) is 11.8 Å². The molecule has 1 rings (SSSR count). The van der Waals surface area contributed by atoms with Crippen LogP contribution < -0.4 is 0 Å². The average molecular weight is 301 g/mol. The summed E-state index contributed by atoms with van der Waals surface area (Å²) in [6, 6.07) is 9.52. The molecule has 0 N–H and O–H groups in total. The van der Waals surface area contributed by atoms with Crippen LogP contribution in [0.4, 0.5) is 4.79 Å². The van der Waals surface area contributed by atoms with Crippen LogP contribution >= 0.6 is 0 Å². The molecule has 1 aromatic carbocycles. The Kier molecular flexibility index (Phi) is 6.65. The molecular weight excluding hydrogens is 278 g/mol. The molecule has 0 heterocycles. The van der Waals surface area contributed by atoms with Gasteiger partial charge in [0.25, 0.3) is 0 Å². The standard InChI is InChI=1S/C18H23NO3/c1-5-6-12-16(20)14-19(17(21)22-18(2,3)4)13-15-10-8-7-9-11-15/h7-11H,12-14H2,1-4H3.